The fourth-order valence-electron chi connectivity index (χ4n) is 5.35. The summed E-state index contributed by atoms with van der Waals surface area (Å²) in [5, 5.41) is 21.9. The normalized spacial score (nSPS) is 18.2. The number of sulfonamides is 1. The number of halogens is 1. The van der Waals surface area contributed by atoms with Crippen molar-refractivity contribution in [3.8, 4) is 0 Å². The predicted octanol–water partition coefficient (Wildman–Crippen LogP) is 2.36. The van der Waals surface area contributed by atoms with Crippen molar-refractivity contribution in [3.63, 3.8) is 0 Å². The minimum Gasteiger partial charge on any atom is -0.382 e. The van der Waals surface area contributed by atoms with Crippen molar-refractivity contribution >= 4 is 50.1 Å². The molecule has 0 saturated carbocycles. The molecule has 15 heteroatoms. The molecule has 1 fully saturated rings. The highest BCUT2D eigenvalue weighted by Gasteiger charge is 2.37. The van der Waals surface area contributed by atoms with Gasteiger partial charge in [0.15, 0.2) is 5.69 Å². The zero-order valence-electron chi connectivity index (χ0n) is 23.5. The number of nitrogens with zero attached hydrogens (tertiary/aromatic N) is 5. The summed E-state index contributed by atoms with van der Waals surface area (Å²) in [6.07, 6.45) is 3.66. The quantitative estimate of drug-likeness (QED) is 0.226. The molecular formula is C27H31ClN8O5S. The highest BCUT2D eigenvalue weighted by Crippen LogP contribution is 2.33. The summed E-state index contributed by atoms with van der Waals surface area (Å²) in [6, 6.07) is 7.91. The molecule has 3 aromatic heterocycles. The van der Waals surface area contributed by atoms with E-state index in [4.69, 9.17) is 16.6 Å². The Morgan fingerprint density at radius 3 is 2.69 bits per heavy atom. The second kappa shape index (κ2) is 11.0. The van der Waals surface area contributed by atoms with Crippen LogP contribution in [0.5, 0.6) is 0 Å². The molecule has 0 aliphatic carbocycles. The van der Waals surface area contributed by atoms with Crippen LogP contribution in [0.3, 0.4) is 0 Å². The van der Waals surface area contributed by atoms with Crippen molar-refractivity contribution in [2.75, 3.05) is 29.6 Å². The lowest BCUT2D eigenvalue weighted by molar-refractivity contribution is 0.0171. The molecule has 42 heavy (non-hydrogen) atoms. The molecule has 13 nitrogen and oxygen atoms in total. The molecule has 2 atom stereocenters. The van der Waals surface area contributed by atoms with Crippen LogP contribution in [0.15, 0.2) is 41.3 Å². The van der Waals surface area contributed by atoms with Gasteiger partial charge in [-0.05, 0) is 56.5 Å². The van der Waals surface area contributed by atoms with Gasteiger partial charge in [-0.25, -0.2) is 23.1 Å². The molecule has 4 heterocycles. The van der Waals surface area contributed by atoms with Crippen LogP contribution in [0.4, 0.5) is 11.6 Å². The van der Waals surface area contributed by atoms with Gasteiger partial charge in [-0.15, -0.1) is 0 Å². The fraction of sp³-hybridized carbons (Fsp3) is 0.370. The third kappa shape index (κ3) is 5.82. The molecule has 0 spiro atoms. The fourth-order valence-corrected chi connectivity index (χ4v) is 5.93. The molecule has 0 unspecified atom stereocenters. The van der Waals surface area contributed by atoms with Gasteiger partial charge in [0.1, 0.15) is 10.8 Å². The minimum absolute atomic E-state index is 0.0132. The van der Waals surface area contributed by atoms with Gasteiger partial charge < -0.3 is 15.3 Å². The van der Waals surface area contributed by atoms with Crippen molar-refractivity contribution in [1.82, 2.24) is 29.5 Å². The number of aliphatic hydroxyl groups is 1. The summed E-state index contributed by atoms with van der Waals surface area (Å²) in [7, 11) is -2.19. The van der Waals surface area contributed by atoms with E-state index in [9.17, 15) is 23.1 Å². The van der Waals surface area contributed by atoms with Crippen molar-refractivity contribution in [1.29, 1.82) is 0 Å². The minimum atomic E-state index is -3.85. The van der Waals surface area contributed by atoms with E-state index in [1.54, 1.807) is 25.4 Å². The van der Waals surface area contributed by atoms with Crippen molar-refractivity contribution < 1.29 is 18.3 Å². The lowest BCUT2D eigenvalue weighted by atomic mass is 9.90. The first-order chi connectivity index (χ1) is 19.8. The third-order valence-electron chi connectivity index (χ3n) is 7.28. The number of carbonyl (C=O) groups is 1. The number of nitrogens with one attached hydrogen (secondary N) is 3. The zero-order valence-corrected chi connectivity index (χ0v) is 25.0. The van der Waals surface area contributed by atoms with Crippen LogP contribution in [-0.2, 0) is 22.7 Å². The van der Waals surface area contributed by atoms with Crippen molar-refractivity contribution in [2.24, 2.45) is 7.05 Å². The Balaban J connectivity index is 1.56. The molecule has 4 N–H and O–H groups in total. The van der Waals surface area contributed by atoms with Crippen molar-refractivity contribution in [2.45, 2.75) is 38.3 Å². The predicted molar refractivity (Wildman–Crippen MR) is 159 cm³/mol. The molecule has 0 radical (unpaired) electrons. The smallest absolute Gasteiger partial charge is 0.285 e. The molecule has 5 rings (SSSR count). The largest absolute Gasteiger partial charge is 0.382 e. The van der Waals surface area contributed by atoms with Gasteiger partial charge in [-0.3, -0.25) is 19.3 Å². The van der Waals surface area contributed by atoms with Crippen LogP contribution < -0.4 is 20.5 Å². The molecule has 1 saturated heterocycles. The number of rotatable bonds is 7. The second-order valence-corrected chi connectivity index (χ2v) is 12.8. The number of hydrogen-bond donors (Lipinski definition) is 4. The van der Waals surface area contributed by atoms with Gasteiger partial charge >= 0.3 is 0 Å². The maximum Gasteiger partial charge on any atom is 0.285 e. The van der Waals surface area contributed by atoms with Crippen LogP contribution in [-0.4, -0.2) is 63.5 Å². The van der Waals surface area contributed by atoms with Gasteiger partial charge in [0, 0.05) is 25.4 Å². The number of aromatic amines is 1. The van der Waals surface area contributed by atoms with Gasteiger partial charge in [-0.1, -0.05) is 17.7 Å². The van der Waals surface area contributed by atoms with E-state index >= 15 is 0 Å². The molecule has 4 aromatic rings. The lowest BCUT2D eigenvalue weighted by Crippen LogP contribution is -2.48. The van der Waals surface area contributed by atoms with E-state index in [2.05, 4.69) is 20.5 Å². The maximum absolute atomic E-state index is 13.6. The number of H-pyrrole nitrogens is 1. The number of benzene rings is 1. The van der Waals surface area contributed by atoms with Gasteiger partial charge in [0.25, 0.3) is 11.5 Å². The second-order valence-electron chi connectivity index (χ2n) is 10.7. The number of pyridine rings is 1. The Kier molecular flexibility index (Phi) is 7.72. The van der Waals surface area contributed by atoms with E-state index in [1.165, 1.54) is 16.7 Å². The van der Waals surface area contributed by atoms with E-state index in [1.807, 2.05) is 29.5 Å². The number of piperidine rings is 1. The molecular weight excluding hydrogens is 584 g/mol. The summed E-state index contributed by atoms with van der Waals surface area (Å²) in [4.78, 5) is 37.2. The molecule has 1 aromatic carbocycles. The number of aryl methyl sites for hydroxylation is 1. The summed E-state index contributed by atoms with van der Waals surface area (Å²) >= 11 is 6.02. The van der Waals surface area contributed by atoms with Crippen LogP contribution >= 0.6 is 11.6 Å². The summed E-state index contributed by atoms with van der Waals surface area (Å²) in [5.74, 6) is -0.531. The first-order valence-electron chi connectivity index (χ1n) is 13.2. The number of amides is 1. The Labute approximate surface area is 247 Å². The van der Waals surface area contributed by atoms with E-state index in [0.29, 0.717) is 47.5 Å². The molecule has 0 bridgehead atoms. The Morgan fingerprint density at radius 1 is 1.24 bits per heavy atom. The standard InChI is InChI=1S/C27H31ClN8O5S/c1-15-12-17(16(2)30-19-6-7-21(28)31-23(19)24(37)34-42(4,40)41)22-18(13-15)25(38)35(3)26(32-22)36-11-5-9-27(39,14-36)20-8-10-29-33-20/h6-8,10,12-13,16,30,39H,5,9,11,14H2,1-4H3,(H,29,33)(H,34,37)/t16-,27-/m1/s1. The van der Waals surface area contributed by atoms with Crippen LogP contribution in [0.25, 0.3) is 10.9 Å². The summed E-state index contributed by atoms with van der Waals surface area (Å²) < 4.78 is 26.8. The zero-order chi connectivity index (χ0) is 30.4. The first kappa shape index (κ1) is 29.5. The highest BCUT2D eigenvalue weighted by atomic mass is 35.5. The van der Waals surface area contributed by atoms with Gasteiger partial charge in [-0.2, -0.15) is 5.10 Å². The first-order valence-corrected chi connectivity index (χ1v) is 15.5. The Bertz CT molecular complexity index is 1840. The third-order valence-corrected chi connectivity index (χ3v) is 8.05. The van der Waals surface area contributed by atoms with E-state index in [-0.39, 0.29) is 28.6 Å². The maximum atomic E-state index is 13.6. The van der Waals surface area contributed by atoms with Crippen LogP contribution in [0, 0.1) is 6.92 Å². The van der Waals surface area contributed by atoms with Crippen LogP contribution in [0.1, 0.15) is 53.1 Å². The highest BCUT2D eigenvalue weighted by molar-refractivity contribution is 7.89. The summed E-state index contributed by atoms with van der Waals surface area (Å²) in [6.45, 7) is 4.50. The van der Waals surface area contributed by atoms with E-state index < -0.39 is 27.6 Å². The average molecular weight is 615 g/mol. The molecule has 222 valence electrons. The molecule has 1 amide bonds. The topological polar surface area (TPSA) is 175 Å². The van der Waals surface area contributed by atoms with Crippen molar-refractivity contribution in [3.05, 3.63) is 74.6 Å². The Hall–Kier alpha value is -4.01. The van der Waals surface area contributed by atoms with Crippen LogP contribution in [0.2, 0.25) is 5.15 Å². The molecule has 1 aliphatic rings. The Morgan fingerprint density at radius 2 is 2.00 bits per heavy atom. The number of anilines is 2. The van der Waals surface area contributed by atoms with Gasteiger partial charge in [0.05, 0.1) is 41.1 Å². The number of β-amino-alcohol motifs (C(OH)–C–C–N with tert-alkyl or cyclic N) is 1. The molecule has 1 aliphatic heterocycles. The van der Waals surface area contributed by atoms with E-state index in [0.717, 1.165) is 11.8 Å². The lowest BCUT2D eigenvalue weighted by Gasteiger charge is -2.39. The number of aromatic nitrogens is 5. The average Bonchev–Trinajstić information content (AvgIpc) is 3.47. The number of carbonyl (C=O) groups excluding carboxylic acids is 1. The number of hydrogen-bond acceptors (Lipinski definition) is 10. The summed E-state index contributed by atoms with van der Waals surface area (Å²) in [5.41, 5.74) is 1.17. The SMILES string of the molecule is Cc1cc([C@@H](C)Nc2ccc(Cl)nc2C(=O)NS(C)(=O)=O)c2nc(N3CCC[C@](O)(c4ccn[nH]4)C3)n(C)c(=O)c2c1. The van der Waals surface area contributed by atoms with Gasteiger partial charge in [0.2, 0.25) is 16.0 Å². The number of fused-ring (bicyclic) bond motifs is 1. The monoisotopic (exact) mass is 614 g/mol.